The second kappa shape index (κ2) is 6.19. The minimum absolute atomic E-state index is 0.120. The van der Waals surface area contributed by atoms with Crippen molar-refractivity contribution in [2.75, 3.05) is 27.2 Å². The predicted octanol–water partition coefficient (Wildman–Crippen LogP) is 2.07. The van der Waals surface area contributed by atoms with E-state index in [4.69, 9.17) is 0 Å². The molecule has 0 bridgehead atoms. The normalized spacial score (nSPS) is 23.4. The first-order chi connectivity index (χ1) is 12.0. The lowest BCUT2D eigenvalue weighted by Crippen LogP contribution is -2.39. The zero-order chi connectivity index (χ0) is 17.6. The highest BCUT2D eigenvalue weighted by Crippen LogP contribution is 2.41. The van der Waals surface area contributed by atoms with Crippen molar-refractivity contribution in [2.45, 2.75) is 31.2 Å². The maximum Gasteiger partial charge on any atom is 0.324 e. The van der Waals surface area contributed by atoms with Gasteiger partial charge in [-0.2, -0.15) is 0 Å². The molecule has 3 amide bonds. The van der Waals surface area contributed by atoms with Crippen molar-refractivity contribution in [3.8, 4) is 0 Å². The van der Waals surface area contributed by atoms with Gasteiger partial charge in [-0.3, -0.25) is 9.69 Å². The standard InChI is InChI=1S/C19H24N4O2/c1-22(2)14-8-13(9-14)16-10-20-17-4-3-12(7-15(16)17)5-6-23-18(24)11-21-19(23)25/h3-4,7,10,13-14,20H,5-6,8-9,11H2,1-2H3,(H,21,25). The summed E-state index contributed by atoms with van der Waals surface area (Å²) in [6.45, 7) is 0.552. The molecule has 2 fully saturated rings. The first-order valence-corrected chi connectivity index (χ1v) is 8.87. The van der Waals surface area contributed by atoms with E-state index in [0.717, 1.165) is 11.1 Å². The Balaban J connectivity index is 1.49. The number of carbonyl (C=O) groups is 2. The minimum Gasteiger partial charge on any atom is -0.361 e. The van der Waals surface area contributed by atoms with E-state index in [9.17, 15) is 9.59 Å². The number of aromatic nitrogens is 1. The molecular weight excluding hydrogens is 316 g/mol. The Morgan fingerprint density at radius 2 is 2.04 bits per heavy atom. The molecule has 132 valence electrons. The summed E-state index contributed by atoms with van der Waals surface area (Å²) in [4.78, 5) is 30.3. The number of rotatable bonds is 5. The van der Waals surface area contributed by atoms with Crippen molar-refractivity contribution in [3.63, 3.8) is 0 Å². The summed E-state index contributed by atoms with van der Waals surface area (Å²) in [5.41, 5.74) is 3.70. The SMILES string of the molecule is CN(C)C1CC(c2c[nH]c3ccc(CCN4C(=O)CNC4=O)cc23)C1. The van der Waals surface area contributed by atoms with E-state index in [-0.39, 0.29) is 18.5 Å². The van der Waals surface area contributed by atoms with E-state index in [0.29, 0.717) is 24.9 Å². The van der Waals surface area contributed by atoms with Gasteiger partial charge in [0.15, 0.2) is 0 Å². The number of hydrogen-bond donors (Lipinski definition) is 2. The maximum absolute atomic E-state index is 11.7. The zero-order valence-corrected chi connectivity index (χ0v) is 14.7. The van der Waals surface area contributed by atoms with Gasteiger partial charge in [0.2, 0.25) is 5.91 Å². The Bertz CT molecular complexity index is 804. The second-order valence-electron chi connectivity index (χ2n) is 7.36. The van der Waals surface area contributed by atoms with Crippen LogP contribution < -0.4 is 5.32 Å². The molecule has 0 spiro atoms. The molecule has 4 rings (SSSR count). The Morgan fingerprint density at radius 1 is 1.24 bits per heavy atom. The van der Waals surface area contributed by atoms with Gasteiger partial charge < -0.3 is 15.2 Å². The number of nitrogens with zero attached hydrogens (tertiary/aromatic N) is 2. The summed E-state index contributed by atoms with van der Waals surface area (Å²) in [6, 6.07) is 6.78. The molecule has 1 aliphatic carbocycles. The summed E-state index contributed by atoms with van der Waals surface area (Å²) < 4.78 is 0. The number of nitrogens with one attached hydrogen (secondary N) is 2. The Labute approximate surface area is 147 Å². The average Bonchev–Trinajstić information content (AvgIpc) is 3.08. The monoisotopic (exact) mass is 340 g/mol. The molecule has 1 saturated heterocycles. The molecule has 2 N–H and O–H groups in total. The molecule has 6 heteroatoms. The van der Waals surface area contributed by atoms with Crippen LogP contribution in [0.25, 0.3) is 10.9 Å². The highest BCUT2D eigenvalue weighted by molar-refractivity contribution is 6.01. The lowest BCUT2D eigenvalue weighted by Gasteiger charge is -2.39. The van der Waals surface area contributed by atoms with Crippen molar-refractivity contribution in [1.29, 1.82) is 0 Å². The Morgan fingerprint density at radius 3 is 2.72 bits per heavy atom. The van der Waals surface area contributed by atoms with Crippen LogP contribution in [-0.4, -0.2) is 59.9 Å². The largest absolute Gasteiger partial charge is 0.361 e. The van der Waals surface area contributed by atoms with Crippen molar-refractivity contribution >= 4 is 22.8 Å². The molecule has 1 aromatic carbocycles. The van der Waals surface area contributed by atoms with E-state index < -0.39 is 0 Å². The highest BCUT2D eigenvalue weighted by atomic mass is 16.2. The quantitative estimate of drug-likeness (QED) is 0.819. The van der Waals surface area contributed by atoms with Crippen LogP contribution in [-0.2, 0) is 11.2 Å². The topological polar surface area (TPSA) is 68.4 Å². The molecule has 1 aliphatic heterocycles. The van der Waals surface area contributed by atoms with Crippen molar-refractivity contribution in [3.05, 3.63) is 35.5 Å². The number of urea groups is 1. The molecular formula is C19H24N4O2. The fourth-order valence-electron chi connectivity index (χ4n) is 3.87. The molecule has 0 atom stereocenters. The van der Waals surface area contributed by atoms with Crippen LogP contribution in [0.5, 0.6) is 0 Å². The van der Waals surface area contributed by atoms with Crippen LogP contribution in [0, 0.1) is 0 Å². The molecule has 6 nitrogen and oxygen atoms in total. The number of amides is 3. The Kier molecular flexibility index (Phi) is 4.00. The summed E-state index contributed by atoms with van der Waals surface area (Å²) in [5.74, 6) is 0.472. The van der Waals surface area contributed by atoms with E-state index in [1.165, 1.54) is 28.7 Å². The van der Waals surface area contributed by atoms with Crippen LogP contribution in [0.3, 0.4) is 0 Å². The van der Waals surface area contributed by atoms with Gasteiger partial charge in [-0.1, -0.05) is 6.07 Å². The lowest BCUT2D eigenvalue weighted by atomic mass is 9.75. The third kappa shape index (κ3) is 2.91. The molecule has 1 aromatic heterocycles. The summed E-state index contributed by atoms with van der Waals surface area (Å²) in [5, 5.41) is 3.84. The first kappa shape index (κ1) is 16.1. The van der Waals surface area contributed by atoms with E-state index >= 15 is 0 Å². The Hall–Kier alpha value is -2.34. The third-order valence-corrected chi connectivity index (χ3v) is 5.62. The maximum atomic E-state index is 11.7. The van der Waals surface area contributed by atoms with Crippen LogP contribution in [0.4, 0.5) is 4.79 Å². The number of H-pyrrole nitrogens is 1. The van der Waals surface area contributed by atoms with Crippen LogP contribution >= 0.6 is 0 Å². The van der Waals surface area contributed by atoms with Crippen LogP contribution in [0.1, 0.15) is 29.9 Å². The van der Waals surface area contributed by atoms with Gasteiger partial charge in [-0.25, -0.2) is 4.79 Å². The second-order valence-corrected chi connectivity index (χ2v) is 7.36. The van der Waals surface area contributed by atoms with Gasteiger partial charge >= 0.3 is 6.03 Å². The zero-order valence-electron chi connectivity index (χ0n) is 14.7. The van der Waals surface area contributed by atoms with E-state index in [2.05, 4.69) is 53.7 Å². The van der Waals surface area contributed by atoms with Crippen molar-refractivity contribution in [2.24, 2.45) is 0 Å². The number of carbonyl (C=O) groups excluding carboxylic acids is 2. The fraction of sp³-hybridized carbons (Fsp3) is 0.474. The van der Waals surface area contributed by atoms with Gasteiger partial charge in [0.05, 0.1) is 6.54 Å². The predicted molar refractivity (Wildman–Crippen MR) is 96.6 cm³/mol. The van der Waals surface area contributed by atoms with Gasteiger partial charge in [0.1, 0.15) is 0 Å². The molecule has 25 heavy (non-hydrogen) atoms. The van der Waals surface area contributed by atoms with E-state index in [1.807, 2.05) is 0 Å². The number of aromatic amines is 1. The van der Waals surface area contributed by atoms with Gasteiger partial charge in [0.25, 0.3) is 0 Å². The van der Waals surface area contributed by atoms with E-state index in [1.54, 1.807) is 0 Å². The minimum atomic E-state index is -0.280. The van der Waals surface area contributed by atoms with Gasteiger partial charge in [0, 0.05) is 29.7 Å². The van der Waals surface area contributed by atoms with Crippen molar-refractivity contribution < 1.29 is 9.59 Å². The van der Waals surface area contributed by atoms with Crippen LogP contribution in [0.15, 0.2) is 24.4 Å². The number of benzene rings is 1. The first-order valence-electron chi connectivity index (χ1n) is 8.87. The lowest BCUT2D eigenvalue weighted by molar-refractivity contribution is -0.124. The number of fused-ring (bicyclic) bond motifs is 1. The number of imide groups is 1. The molecule has 2 aromatic rings. The number of hydrogen-bond acceptors (Lipinski definition) is 3. The summed E-state index contributed by atoms with van der Waals surface area (Å²) in [6.07, 6.45) is 5.23. The molecule has 2 aliphatic rings. The smallest absolute Gasteiger partial charge is 0.324 e. The van der Waals surface area contributed by atoms with Gasteiger partial charge in [-0.05, 0) is 62.5 Å². The summed E-state index contributed by atoms with van der Waals surface area (Å²) in [7, 11) is 4.29. The molecule has 2 heterocycles. The average molecular weight is 340 g/mol. The van der Waals surface area contributed by atoms with Crippen molar-refractivity contribution in [1.82, 2.24) is 20.1 Å². The molecule has 0 radical (unpaired) electrons. The van der Waals surface area contributed by atoms with Crippen LogP contribution in [0.2, 0.25) is 0 Å². The van der Waals surface area contributed by atoms with Gasteiger partial charge in [-0.15, -0.1) is 0 Å². The third-order valence-electron chi connectivity index (χ3n) is 5.62. The molecule has 0 unspecified atom stereocenters. The fourth-order valence-corrected chi connectivity index (χ4v) is 3.87. The highest BCUT2D eigenvalue weighted by Gasteiger charge is 2.33. The summed E-state index contributed by atoms with van der Waals surface area (Å²) >= 11 is 0. The molecule has 1 saturated carbocycles.